The number of imidazole rings is 1. The predicted molar refractivity (Wildman–Crippen MR) is 81.9 cm³/mol. The van der Waals surface area contributed by atoms with Gasteiger partial charge in [0, 0.05) is 16.5 Å². The Morgan fingerprint density at radius 3 is 2.48 bits per heavy atom. The molecule has 2 aromatic heterocycles. The van der Waals surface area contributed by atoms with E-state index in [4.69, 9.17) is 0 Å². The number of carboxylic acid groups (broad SMARTS) is 1. The van der Waals surface area contributed by atoms with Crippen LogP contribution in [0.1, 0.15) is 16.1 Å². The highest BCUT2D eigenvalue weighted by molar-refractivity contribution is 6.10. The average molecular weight is 276 g/mol. The van der Waals surface area contributed by atoms with Crippen LogP contribution in [-0.2, 0) is 0 Å². The zero-order chi connectivity index (χ0) is 14.6. The molecular weight excluding hydrogens is 264 g/mol. The number of rotatable bonds is 1. The number of fused-ring (bicyclic) bond motifs is 5. The summed E-state index contributed by atoms with van der Waals surface area (Å²) >= 11 is 0. The third kappa shape index (κ3) is 1.50. The van der Waals surface area contributed by atoms with E-state index in [1.54, 1.807) is 0 Å². The number of hydrogen-bond donors (Lipinski definition) is 1. The number of pyridine rings is 1. The van der Waals surface area contributed by atoms with Gasteiger partial charge in [-0.3, -0.25) is 4.40 Å². The summed E-state index contributed by atoms with van der Waals surface area (Å²) in [6.45, 7) is 1.83. The van der Waals surface area contributed by atoms with E-state index >= 15 is 0 Å². The molecule has 21 heavy (non-hydrogen) atoms. The fourth-order valence-electron chi connectivity index (χ4n) is 3.02. The van der Waals surface area contributed by atoms with Crippen LogP contribution in [0.4, 0.5) is 0 Å². The molecule has 0 aliphatic heterocycles. The van der Waals surface area contributed by atoms with Crippen molar-refractivity contribution in [1.29, 1.82) is 0 Å². The maximum atomic E-state index is 11.7. The molecule has 0 unspecified atom stereocenters. The molecule has 2 heterocycles. The lowest BCUT2D eigenvalue weighted by molar-refractivity contribution is 0.0697. The van der Waals surface area contributed by atoms with Crippen molar-refractivity contribution in [2.45, 2.75) is 6.92 Å². The molecule has 0 radical (unpaired) electrons. The molecule has 0 aliphatic carbocycles. The highest BCUT2D eigenvalue weighted by atomic mass is 16.4. The molecule has 0 atom stereocenters. The van der Waals surface area contributed by atoms with Crippen LogP contribution in [0.15, 0.2) is 48.5 Å². The normalized spacial score (nSPS) is 11.5. The van der Waals surface area contributed by atoms with E-state index in [9.17, 15) is 9.90 Å². The van der Waals surface area contributed by atoms with Gasteiger partial charge in [-0.25, -0.2) is 9.78 Å². The molecule has 0 saturated carbocycles. The van der Waals surface area contributed by atoms with Crippen LogP contribution < -0.4 is 0 Å². The Kier molecular flexibility index (Phi) is 2.30. The molecule has 4 rings (SSSR count). The summed E-state index contributed by atoms with van der Waals surface area (Å²) in [5.74, 6) is -0.914. The molecule has 102 valence electrons. The number of aryl methyl sites for hydroxylation is 1. The van der Waals surface area contributed by atoms with Crippen molar-refractivity contribution in [2.75, 3.05) is 0 Å². The first kappa shape index (κ1) is 11.9. The number of aromatic nitrogens is 2. The number of benzene rings is 2. The summed E-state index contributed by atoms with van der Waals surface area (Å²) in [6, 6.07) is 15.3. The SMILES string of the molecule is Cc1c(C(=O)O)c2ccccc2c2nc3ccccc3n12. The van der Waals surface area contributed by atoms with E-state index in [2.05, 4.69) is 4.98 Å². The molecule has 0 bridgehead atoms. The second-order valence-electron chi connectivity index (χ2n) is 5.07. The molecule has 0 aliphatic rings. The van der Waals surface area contributed by atoms with Crippen LogP contribution in [0.25, 0.3) is 27.5 Å². The molecule has 4 nitrogen and oxygen atoms in total. The van der Waals surface area contributed by atoms with E-state index in [1.165, 1.54) is 0 Å². The van der Waals surface area contributed by atoms with Crippen LogP contribution in [0, 0.1) is 6.92 Å². The number of hydrogen-bond acceptors (Lipinski definition) is 2. The van der Waals surface area contributed by atoms with Gasteiger partial charge in [-0.05, 0) is 19.1 Å². The Labute approximate surface area is 120 Å². The monoisotopic (exact) mass is 276 g/mol. The van der Waals surface area contributed by atoms with Gasteiger partial charge in [-0.1, -0.05) is 36.4 Å². The van der Waals surface area contributed by atoms with E-state index in [0.29, 0.717) is 11.3 Å². The van der Waals surface area contributed by atoms with E-state index in [-0.39, 0.29) is 0 Å². The van der Waals surface area contributed by atoms with Crippen molar-refractivity contribution >= 4 is 33.4 Å². The number of nitrogens with zero attached hydrogens (tertiary/aromatic N) is 2. The Bertz CT molecular complexity index is 1030. The summed E-state index contributed by atoms with van der Waals surface area (Å²) in [5.41, 5.74) is 3.63. The quantitative estimate of drug-likeness (QED) is 0.577. The first-order valence-electron chi connectivity index (χ1n) is 6.70. The van der Waals surface area contributed by atoms with Crippen molar-refractivity contribution < 1.29 is 9.90 Å². The second-order valence-corrected chi connectivity index (χ2v) is 5.07. The lowest BCUT2D eigenvalue weighted by atomic mass is 10.0. The minimum absolute atomic E-state index is 0.334. The summed E-state index contributed by atoms with van der Waals surface area (Å²) in [7, 11) is 0. The average Bonchev–Trinajstić information content (AvgIpc) is 2.87. The van der Waals surface area contributed by atoms with Gasteiger partial charge in [0.25, 0.3) is 0 Å². The Balaban J connectivity index is 2.39. The Hall–Kier alpha value is -2.88. The summed E-state index contributed by atoms with van der Waals surface area (Å²) in [5, 5.41) is 11.2. The zero-order valence-corrected chi connectivity index (χ0v) is 11.4. The van der Waals surface area contributed by atoms with E-state index in [1.807, 2.05) is 59.9 Å². The first-order chi connectivity index (χ1) is 10.2. The van der Waals surface area contributed by atoms with Crippen LogP contribution >= 0.6 is 0 Å². The third-order valence-corrected chi connectivity index (χ3v) is 3.91. The van der Waals surface area contributed by atoms with Crippen molar-refractivity contribution in [3.8, 4) is 0 Å². The van der Waals surface area contributed by atoms with Gasteiger partial charge < -0.3 is 5.11 Å². The van der Waals surface area contributed by atoms with Crippen molar-refractivity contribution in [3.05, 3.63) is 59.8 Å². The Morgan fingerprint density at radius 1 is 1.05 bits per heavy atom. The molecule has 0 saturated heterocycles. The van der Waals surface area contributed by atoms with E-state index < -0.39 is 5.97 Å². The van der Waals surface area contributed by atoms with Crippen molar-refractivity contribution in [1.82, 2.24) is 9.38 Å². The molecule has 4 heteroatoms. The molecule has 1 N–H and O–H groups in total. The minimum Gasteiger partial charge on any atom is -0.478 e. The molecule has 0 amide bonds. The topological polar surface area (TPSA) is 54.6 Å². The van der Waals surface area contributed by atoms with Crippen LogP contribution in [0.2, 0.25) is 0 Å². The van der Waals surface area contributed by atoms with Crippen molar-refractivity contribution in [3.63, 3.8) is 0 Å². The number of para-hydroxylation sites is 2. The van der Waals surface area contributed by atoms with Gasteiger partial charge in [0.05, 0.1) is 16.6 Å². The van der Waals surface area contributed by atoms with Gasteiger partial charge in [0.15, 0.2) is 0 Å². The van der Waals surface area contributed by atoms with Crippen LogP contribution in [0.3, 0.4) is 0 Å². The summed E-state index contributed by atoms with van der Waals surface area (Å²) in [4.78, 5) is 16.4. The van der Waals surface area contributed by atoms with Crippen molar-refractivity contribution in [2.24, 2.45) is 0 Å². The summed E-state index contributed by atoms with van der Waals surface area (Å²) < 4.78 is 1.93. The third-order valence-electron chi connectivity index (χ3n) is 3.91. The fraction of sp³-hybridized carbons (Fsp3) is 0.0588. The van der Waals surface area contributed by atoms with Gasteiger partial charge in [-0.2, -0.15) is 0 Å². The van der Waals surface area contributed by atoms with E-state index in [0.717, 1.165) is 27.5 Å². The second kappa shape index (κ2) is 4.06. The standard InChI is InChI=1S/C17H12N2O2/c1-10-15(17(20)21)11-6-2-3-7-12(11)16-18-13-8-4-5-9-14(13)19(10)16/h2-9H,1H3,(H,20,21). The maximum absolute atomic E-state index is 11.7. The van der Waals surface area contributed by atoms with Gasteiger partial charge in [0.1, 0.15) is 5.65 Å². The number of aromatic carboxylic acids is 1. The molecule has 0 fully saturated rings. The predicted octanol–water partition coefficient (Wildman–Crippen LogP) is 3.65. The summed E-state index contributed by atoms with van der Waals surface area (Å²) in [6.07, 6.45) is 0. The highest BCUT2D eigenvalue weighted by Gasteiger charge is 2.19. The smallest absolute Gasteiger partial charge is 0.338 e. The number of carboxylic acids is 1. The molecule has 2 aromatic carbocycles. The van der Waals surface area contributed by atoms with Crippen LogP contribution in [0.5, 0.6) is 0 Å². The van der Waals surface area contributed by atoms with Crippen LogP contribution in [-0.4, -0.2) is 20.5 Å². The molecular formula is C17H12N2O2. The number of carbonyl (C=O) groups is 1. The minimum atomic E-state index is -0.914. The fourth-order valence-corrected chi connectivity index (χ4v) is 3.02. The van der Waals surface area contributed by atoms with Gasteiger partial charge in [-0.15, -0.1) is 0 Å². The largest absolute Gasteiger partial charge is 0.478 e. The van der Waals surface area contributed by atoms with Gasteiger partial charge in [0.2, 0.25) is 0 Å². The molecule has 0 spiro atoms. The zero-order valence-electron chi connectivity index (χ0n) is 11.4. The first-order valence-corrected chi connectivity index (χ1v) is 6.70. The lowest BCUT2D eigenvalue weighted by Gasteiger charge is -2.10. The Morgan fingerprint density at radius 2 is 1.71 bits per heavy atom. The maximum Gasteiger partial charge on any atom is 0.338 e. The highest BCUT2D eigenvalue weighted by Crippen LogP contribution is 2.29. The molecule has 4 aromatic rings. The lowest BCUT2D eigenvalue weighted by Crippen LogP contribution is -2.06. The van der Waals surface area contributed by atoms with Gasteiger partial charge >= 0.3 is 5.97 Å².